The summed E-state index contributed by atoms with van der Waals surface area (Å²) in [5.74, 6) is -0.934. The first-order chi connectivity index (χ1) is 4.72. The van der Waals surface area contributed by atoms with Gasteiger partial charge in [0.25, 0.3) is 0 Å². The van der Waals surface area contributed by atoms with Crippen LogP contribution in [0.15, 0.2) is 0 Å². The Bertz CT molecular complexity index is 154. The van der Waals surface area contributed by atoms with E-state index in [1.54, 1.807) is 4.31 Å². The lowest BCUT2D eigenvalue weighted by molar-refractivity contribution is -0.164. The molecule has 0 aromatic carbocycles. The van der Waals surface area contributed by atoms with E-state index in [4.69, 9.17) is 0 Å². The largest absolute Gasteiger partial charge is 0.391 e. The number of esters is 2. The van der Waals surface area contributed by atoms with Crippen molar-refractivity contribution in [2.75, 3.05) is 19.3 Å². The van der Waals surface area contributed by atoms with Crippen molar-refractivity contribution in [2.24, 2.45) is 0 Å². The Balaban J connectivity index is 2.50. The molecule has 1 saturated heterocycles. The van der Waals surface area contributed by atoms with Gasteiger partial charge >= 0.3 is 11.9 Å². The number of ether oxygens (including phenoxy) is 1. The van der Waals surface area contributed by atoms with Gasteiger partial charge in [0, 0.05) is 0 Å². The maximum absolute atomic E-state index is 10.5. The minimum Gasteiger partial charge on any atom is -0.391 e. The normalized spacial score (nSPS) is 20.9. The molecule has 0 unspecified atom stereocenters. The van der Waals surface area contributed by atoms with Gasteiger partial charge in [-0.25, -0.2) is 4.31 Å². The van der Waals surface area contributed by atoms with Gasteiger partial charge in [-0.1, -0.05) is 11.9 Å². The fourth-order valence-electron chi connectivity index (χ4n) is 0.665. The van der Waals surface area contributed by atoms with Crippen molar-refractivity contribution in [3.05, 3.63) is 0 Å². The van der Waals surface area contributed by atoms with Crippen molar-refractivity contribution in [2.45, 2.75) is 0 Å². The van der Waals surface area contributed by atoms with Crippen LogP contribution in [0.1, 0.15) is 0 Å². The van der Waals surface area contributed by atoms with Crippen LogP contribution < -0.4 is 0 Å². The molecule has 5 heteroatoms. The molecule has 0 N–H and O–H groups in total. The van der Waals surface area contributed by atoms with Crippen molar-refractivity contribution in [3.8, 4) is 0 Å². The van der Waals surface area contributed by atoms with Crippen LogP contribution in [-0.4, -0.2) is 35.6 Å². The molecule has 1 fully saturated rings. The number of cyclic esters (lactones) is 2. The Kier molecular flexibility index (Phi) is 2.29. The Hall–Kier alpha value is -0.550. The fraction of sp³-hybridized carbons (Fsp3) is 0.600. The number of hydrogen-bond donors (Lipinski definition) is 0. The van der Waals surface area contributed by atoms with Crippen LogP contribution in [0.25, 0.3) is 0 Å². The van der Waals surface area contributed by atoms with Crippen LogP contribution in [0, 0.1) is 0 Å². The third-order valence-corrected chi connectivity index (χ3v) is 1.87. The minimum absolute atomic E-state index is 0.201. The maximum atomic E-state index is 10.5. The number of hydrogen-bond acceptors (Lipinski definition) is 5. The Morgan fingerprint density at radius 3 is 2.30 bits per heavy atom. The SMILES string of the molecule is CSN1CC(=O)OC(=O)C1. The smallest absolute Gasteiger partial charge is 0.328 e. The molecule has 1 rings (SSSR count). The first kappa shape index (κ1) is 7.56. The summed E-state index contributed by atoms with van der Waals surface area (Å²) in [5.41, 5.74) is 0. The fourth-order valence-corrected chi connectivity index (χ4v) is 1.13. The maximum Gasteiger partial charge on any atom is 0.328 e. The summed E-state index contributed by atoms with van der Waals surface area (Å²) >= 11 is 1.36. The highest BCUT2D eigenvalue weighted by Crippen LogP contribution is 2.08. The van der Waals surface area contributed by atoms with E-state index in [1.807, 2.05) is 6.26 Å². The molecule has 0 aromatic heterocycles. The van der Waals surface area contributed by atoms with Crippen molar-refractivity contribution in [1.29, 1.82) is 0 Å². The lowest BCUT2D eigenvalue weighted by Crippen LogP contribution is -2.38. The van der Waals surface area contributed by atoms with E-state index in [0.29, 0.717) is 0 Å². The first-order valence-electron chi connectivity index (χ1n) is 2.75. The van der Waals surface area contributed by atoms with Gasteiger partial charge in [-0.2, -0.15) is 0 Å². The molecule has 56 valence electrons. The van der Waals surface area contributed by atoms with E-state index in [9.17, 15) is 9.59 Å². The average molecular weight is 161 g/mol. The van der Waals surface area contributed by atoms with E-state index in [-0.39, 0.29) is 13.1 Å². The minimum atomic E-state index is -0.467. The van der Waals surface area contributed by atoms with Gasteiger partial charge in [-0.3, -0.25) is 9.59 Å². The molecule has 0 radical (unpaired) electrons. The molecule has 0 aliphatic carbocycles. The van der Waals surface area contributed by atoms with E-state index in [0.717, 1.165) is 0 Å². The second-order valence-corrected chi connectivity index (χ2v) is 2.71. The first-order valence-corrected chi connectivity index (χ1v) is 3.93. The molecule has 1 heterocycles. The highest BCUT2D eigenvalue weighted by atomic mass is 32.2. The zero-order valence-electron chi connectivity index (χ0n) is 5.49. The van der Waals surface area contributed by atoms with Crippen LogP contribution >= 0.6 is 11.9 Å². The van der Waals surface area contributed by atoms with Gasteiger partial charge in [0.15, 0.2) is 0 Å². The molecule has 0 saturated carbocycles. The highest BCUT2D eigenvalue weighted by Gasteiger charge is 2.23. The molecule has 1 aliphatic heterocycles. The van der Waals surface area contributed by atoms with Gasteiger partial charge in [0.2, 0.25) is 0 Å². The van der Waals surface area contributed by atoms with Crippen LogP contribution in [0.3, 0.4) is 0 Å². The second-order valence-electron chi connectivity index (χ2n) is 1.83. The third-order valence-electron chi connectivity index (χ3n) is 1.10. The summed E-state index contributed by atoms with van der Waals surface area (Å²) < 4.78 is 5.93. The summed E-state index contributed by atoms with van der Waals surface area (Å²) in [6.45, 7) is 0.403. The second kappa shape index (κ2) is 3.03. The Morgan fingerprint density at radius 1 is 1.40 bits per heavy atom. The van der Waals surface area contributed by atoms with Crippen molar-refractivity contribution in [3.63, 3.8) is 0 Å². The molecule has 0 spiro atoms. The van der Waals surface area contributed by atoms with E-state index in [1.165, 1.54) is 11.9 Å². The number of rotatable bonds is 1. The number of morpholine rings is 1. The van der Waals surface area contributed by atoms with Crippen LogP contribution in [0.2, 0.25) is 0 Å². The Morgan fingerprint density at radius 2 is 1.90 bits per heavy atom. The van der Waals surface area contributed by atoms with Gasteiger partial charge in [-0.05, 0) is 6.26 Å². The summed E-state index contributed by atoms with van der Waals surface area (Å²) in [5, 5.41) is 0. The van der Waals surface area contributed by atoms with E-state index in [2.05, 4.69) is 4.74 Å². The molecule has 1 aliphatic rings. The molecule has 0 bridgehead atoms. The third kappa shape index (κ3) is 1.71. The molecule has 0 amide bonds. The Labute approximate surface area is 62.6 Å². The van der Waals surface area contributed by atoms with Crippen molar-refractivity contribution < 1.29 is 14.3 Å². The number of carbonyl (C=O) groups excluding carboxylic acids is 2. The molecule has 0 atom stereocenters. The van der Waals surface area contributed by atoms with Crippen molar-refractivity contribution in [1.82, 2.24) is 4.31 Å². The summed E-state index contributed by atoms with van der Waals surface area (Å²) in [4.78, 5) is 21.1. The molecular formula is C5H7NO3S. The van der Waals surface area contributed by atoms with Crippen LogP contribution in [-0.2, 0) is 14.3 Å². The predicted molar refractivity (Wildman–Crippen MR) is 36.2 cm³/mol. The summed E-state index contributed by atoms with van der Waals surface area (Å²) in [7, 11) is 0. The van der Waals surface area contributed by atoms with Crippen LogP contribution in [0.5, 0.6) is 0 Å². The van der Waals surface area contributed by atoms with E-state index < -0.39 is 11.9 Å². The van der Waals surface area contributed by atoms with Gasteiger partial charge in [-0.15, -0.1) is 0 Å². The van der Waals surface area contributed by atoms with Gasteiger partial charge in [0.05, 0.1) is 0 Å². The van der Waals surface area contributed by atoms with Crippen LogP contribution in [0.4, 0.5) is 0 Å². The predicted octanol–water partition coefficient (Wildman–Crippen LogP) is -0.350. The van der Waals surface area contributed by atoms with Gasteiger partial charge in [0.1, 0.15) is 13.1 Å². The van der Waals surface area contributed by atoms with Gasteiger partial charge < -0.3 is 4.74 Å². The standard InChI is InChI=1S/C5H7NO3S/c1-10-6-2-4(7)9-5(8)3-6/h2-3H2,1H3. The summed E-state index contributed by atoms with van der Waals surface area (Å²) in [6.07, 6.45) is 1.81. The average Bonchev–Trinajstić information content (AvgIpc) is 1.85. The lowest BCUT2D eigenvalue weighted by atomic mass is 10.5. The number of nitrogens with zero attached hydrogens (tertiary/aromatic N) is 1. The van der Waals surface area contributed by atoms with Crippen molar-refractivity contribution >= 4 is 23.9 Å². The lowest BCUT2D eigenvalue weighted by Gasteiger charge is -2.20. The number of carbonyl (C=O) groups is 2. The van der Waals surface area contributed by atoms with E-state index >= 15 is 0 Å². The highest BCUT2D eigenvalue weighted by molar-refractivity contribution is 7.96. The molecule has 10 heavy (non-hydrogen) atoms. The quantitative estimate of drug-likeness (QED) is 0.299. The molecule has 0 aromatic rings. The summed E-state index contributed by atoms with van der Waals surface area (Å²) in [6, 6.07) is 0. The monoisotopic (exact) mass is 161 g/mol. The zero-order chi connectivity index (χ0) is 7.56. The molecular weight excluding hydrogens is 154 g/mol. The zero-order valence-corrected chi connectivity index (χ0v) is 6.31. The topological polar surface area (TPSA) is 46.6 Å². The molecule has 4 nitrogen and oxygen atoms in total.